The zero-order valence-electron chi connectivity index (χ0n) is 16.9. The SMILES string of the molecule is CC(=O)Nc1cccc(NC(=O)[C@H]2CCCN(S(=O)(=O)Cc3ccc(Cl)cc3Cl)C2)c1. The van der Waals surface area contributed by atoms with Crippen LogP contribution in [-0.2, 0) is 25.4 Å². The quantitative estimate of drug-likeness (QED) is 0.645. The highest BCUT2D eigenvalue weighted by atomic mass is 35.5. The molecule has 1 saturated heterocycles. The van der Waals surface area contributed by atoms with Crippen LogP contribution in [0.25, 0.3) is 0 Å². The van der Waals surface area contributed by atoms with E-state index in [-0.39, 0.29) is 24.1 Å². The van der Waals surface area contributed by atoms with Crippen molar-refractivity contribution in [1.29, 1.82) is 0 Å². The van der Waals surface area contributed by atoms with Gasteiger partial charge in [-0.2, -0.15) is 0 Å². The van der Waals surface area contributed by atoms with E-state index in [0.717, 1.165) is 0 Å². The lowest BCUT2D eigenvalue weighted by atomic mass is 9.98. The number of benzene rings is 2. The molecule has 0 bridgehead atoms. The van der Waals surface area contributed by atoms with Gasteiger partial charge >= 0.3 is 0 Å². The fourth-order valence-electron chi connectivity index (χ4n) is 3.46. The highest BCUT2D eigenvalue weighted by Crippen LogP contribution is 2.27. The lowest BCUT2D eigenvalue weighted by Gasteiger charge is -2.31. The van der Waals surface area contributed by atoms with Gasteiger partial charge in [0.2, 0.25) is 21.8 Å². The summed E-state index contributed by atoms with van der Waals surface area (Å²) in [5.41, 5.74) is 1.56. The van der Waals surface area contributed by atoms with E-state index in [1.165, 1.54) is 17.3 Å². The maximum absolute atomic E-state index is 12.9. The molecule has 2 aromatic carbocycles. The molecule has 3 rings (SSSR count). The van der Waals surface area contributed by atoms with Crippen LogP contribution >= 0.6 is 23.2 Å². The summed E-state index contributed by atoms with van der Waals surface area (Å²) in [5.74, 6) is -1.20. The van der Waals surface area contributed by atoms with Crippen LogP contribution in [0.4, 0.5) is 11.4 Å². The van der Waals surface area contributed by atoms with Crippen molar-refractivity contribution < 1.29 is 18.0 Å². The highest BCUT2D eigenvalue weighted by Gasteiger charge is 2.32. The van der Waals surface area contributed by atoms with Crippen molar-refractivity contribution >= 4 is 56.4 Å². The Morgan fingerprint density at radius 3 is 2.48 bits per heavy atom. The van der Waals surface area contributed by atoms with Gasteiger partial charge in [-0.1, -0.05) is 35.3 Å². The fourth-order valence-corrected chi connectivity index (χ4v) is 5.65. The van der Waals surface area contributed by atoms with Crippen LogP contribution in [-0.4, -0.2) is 37.6 Å². The van der Waals surface area contributed by atoms with Gasteiger partial charge in [0.25, 0.3) is 0 Å². The van der Waals surface area contributed by atoms with E-state index in [1.807, 2.05) is 0 Å². The van der Waals surface area contributed by atoms with Crippen LogP contribution < -0.4 is 10.6 Å². The number of nitrogens with zero attached hydrogens (tertiary/aromatic N) is 1. The van der Waals surface area contributed by atoms with E-state index >= 15 is 0 Å². The van der Waals surface area contributed by atoms with E-state index < -0.39 is 15.9 Å². The zero-order valence-corrected chi connectivity index (χ0v) is 19.2. The minimum absolute atomic E-state index is 0.102. The maximum Gasteiger partial charge on any atom is 0.228 e. The summed E-state index contributed by atoms with van der Waals surface area (Å²) in [7, 11) is -3.65. The smallest absolute Gasteiger partial charge is 0.228 e. The summed E-state index contributed by atoms with van der Waals surface area (Å²) in [6.07, 6.45) is 1.17. The van der Waals surface area contributed by atoms with Crippen molar-refractivity contribution in [2.45, 2.75) is 25.5 Å². The lowest BCUT2D eigenvalue weighted by molar-refractivity contribution is -0.121. The second kappa shape index (κ2) is 9.99. The third-order valence-corrected chi connectivity index (χ3v) is 7.33. The van der Waals surface area contributed by atoms with Crippen molar-refractivity contribution in [3.63, 3.8) is 0 Å². The Morgan fingerprint density at radius 2 is 1.81 bits per heavy atom. The second-order valence-corrected chi connectivity index (χ2v) is 10.3. The zero-order chi connectivity index (χ0) is 22.6. The summed E-state index contributed by atoms with van der Waals surface area (Å²) in [4.78, 5) is 24.0. The van der Waals surface area contributed by atoms with E-state index in [9.17, 15) is 18.0 Å². The standard InChI is InChI=1S/C21H23Cl2N3O4S/c1-14(27)24-18-5-2-6-19(11-18)25-21(28)15-4-3-9-26(12-15)31(29,30)13-16-7-8-17(22)10-20(16)23/h2,5-8,10-11,15H,3-4,9,12-13H2,1H3,(H,24,27)(H,25,28)/t15-/m0/s1. The Hall–Kier alpha value is -2.13. The largest absolute Gasteiger partial charge is 0.326 e. The summed E-state index contributed by atoms with van der Waals surface area (Å²) in [6, 6.07) is 11.5. The minimum Gasteiger partial charge on any atom is -0.326 e. The minimum atomic E-state index is -3.65. The maximum atomic E-state index is 12.9. The van der Waals surface area contributed by atoms with E-state index in [0.29, 0.717) is 46.4 Å². The number of anilines is 2. The van der Waals surface area contributed by atoms with Gasteiger partial charge < -0.3 is 10.6 Å². The second-order valence-electron chi connectivity index (χ2n) is 7.44. The number of piperidine rings is 1. The number of halogens is 2. The van der Waals surface area contributed by atoms with Gasteiger partial charge in [-0.05, 0) is 48.7 Å². The number of carbonyl (C=O) groups excluding carboxylic acids is 2. The molecule has 2 N–H and O–H groups in total. The van der Waals surface area contributed by atoms with E-state index in [2.05, 4.69) is 10.6 Å². The third kappa shape index (κ3) is 6.43. The molecule has 2 amide bonds. The third-order valence-electron chi connectivity index (χ3n) is 4.95. The van der Waals surface area contributed by atoms with Crippen molar-refractivity contribution in [3.05, 3.63) is 58.1 Å². The number of hydrogen-bond acceptors (Lipinski definition) is 4. The molecule has 10 heteroatoms. The van der Waals surface area contributed by atoms with Crippen LogP contribution in [0.2, 0.25) is 10.0 Å². The molecule has 31 heavy (non-hydrogen) atoms. The average molecular weight is 484 g/mol. The summed E-state index contributed by atoms with van der Waals surface area (Å²) >= 11 is 12.0. The summed E-state index contributed by atoms with van der Waals surface area (Å²) < 4.78 is 27.2. The number of carbonyl (C=O) groups is 2. The first-order valence-corrected chi connectivity index (χ1v) is 12.1. The van der Waals surface area contributed by atoms with Gasteiger partial charge in [0, 0.05) is 41.4 Å². The molecule has 1 heterocycles. The molecule has 1 atom stereocenters. The van der Waals surface area contributed by atoms with Crippen LogP contribution in [0.3, 0.4) is 0 Å². The van der Waals surface area contributed by atoms with Gasteiger partial charge in [0.1, 0.15) is 0 Å². The molecule has 0 aliphatic carbocycles. The topological polar surface area (TPSA) is 95.6 Å². The number of rotatable bonds is 6. The summed E-state index contributed by atoms with van der Waals surface area (Å²) in [6.45, 7) is 1.86. The Morgan fingerprint density at radius 1 is 1.10 bits per heavy atom. The first-order valence-electron chi connectivity index (χ1n) is 9.74. The summed E-state index contributed by atoms with van der Waals surface area (Å²) in [5, 5.41) is 6.20. The fraction of sp³-hybridized carbons (Fsp3) is 0.333. The number of sulfonamides is 1. The first-order chi connectivity index (χ1) is 14.6. The number of amides is 2. The Balaban J connectivity index is 1.66. The van der Waals surface area contributed by atoms with Gasteiger partial charge in [0.15, 0.2) is 0 Å². The van der Waals surface area contributed by atoms with E-state index in [1.54, 1.807) is 36.4 Å². The predicted molar refractivity (Wildman–Crippen MR) is 123 cm³/mol. The van der Waals surface area contributed by atoms with Crippen LogP contribution in [0.15, 0.2) is 42.5 Å². The molecular weight excluding hydrogens is 461 g/mol. The molecule has 0 radical (unpaired) electrons. The van der Waals surface area contributed by atoms with Crippen molar-refractivity contribution in [1.82, 2.24) is 4.31 Å². The van der Waals surface area contributed by atoms with Gasteiger partial charge in [-0.15, -0.1) is 0 Å². The normalized spacial score (nSPS) is 17.2. The average Bonchev–Trinajstić information content (AvgIpc) is 2.70. The lowest BCUT2D eigenvalue weighted by Crippen LogP contribution is -2.44. The Labute approximate surface area is 191 Å². The molecular formula is C21H23Cl2N3O4S. The first kappa shape index (κ1) is 23.5. The molecule has 2 aromatic rings. The molecule has 1 aliphatic heterocycles. The van der Waals surface area contributed by atoms with Crippen LogP contribution in [0.1, 0.15) is 25.3 Å². The van der Waals surface area contributed by atoms with Crippen LogP contribution in [0, 0.1) is 5.92 Å². The Kier molecular flexibility index (Phi) is 7.59. The van der Waals surface area contributed by atoms with Gasteiger partial charge in [0.05, 0.1) is 11.7 Å². The molecule has 166 valence electrons. The monoisotopic (exact) mass is 483 g/mol. The van der Waals surface area contributed by atoms with Gasteiger partial charge in [-0.3, -0.25) is 9.59 Å². The molecule has 0 spiro atoms. The molecule has 7 nitrogen and oxygen atoms in total. The van der Waals surface area contributed by atoms with Gasteiger partial charge in [-0.25, -0.2) is 12.7 Å². The molecule has 0 unspecified atom stereocenters. The highest BCUT2D eigenvalue weighted by molar-refractivity contribution is 7.88. The molecule has 1 aliphatic rings. The van der Waals surface area contributed by atoms with Crippen molar-refractivity contribution in [3.8, 4) is 0 Å². The van der Waals surface area contributed by atoms with Crippen LogP contribution in [0.5, 0.6) is 0 Å². The van der Waals surface area contributed by atoms with Crippen molar-refractivity contribution in [2.24, 2.45) is 5.92 Å². The Bertz CT molecular complexity index is 1090. The molecule has 1 fully saturated rings. The molecule has 0 aromatic heterocycles. The number of nitrogens with one attached hydrogen (secondary N) is 2. The van der Waals surface area contributed by atoms with E-state index in [4.69, 9.17) is 23.2 Å². The number of hydrogen-bond donors (Lipinski definition) is 2. The van der Waals surface area contributed by atoms with Crippen molar-refractivity contribution in [2.75, 3.05) is 23.7 Å². The predicted octanol–water partition coefficient (Wildman–Crippen LogP) is 4.13. The molecule has 0 saturated carbocycles.